The van der Waals surface area contributed by atoms with Crippen molar-refractivity contribution in [3.05, 3.63) is 98.0 Å². The molecule has 1 N–H and O–H groups in total. The van der Waals surface area contributed by atoms with E-state index in [1.807, 2.05) is 25.1 Å². The third-order valence-corrected chi connectivity index (χ3v) is 8.34. The molecule has 14 heteroatoms. The molecule has 0 spiro atoms. The molecule has 0 radical (unpaired) electrons. The number of ether oxygens (including phenoxy) is 1. The highest BCUT2D eigenvalue weighted by atomic mass is 35.5. The van der Waals surface area contributed by atoms with Gasteiger partial charge in [-0.1, -0.05) is 66.5 Å². The van der Waals surface area contributed by atoms with Crippen molar-refractivity contribution < 1.29 is 27.7 Å². The van der Waals surface area contributed by atoms with Crippen molar-refractivity contribution in [2.24, 2.45) is 0 Å². The van der Waals surface area contributed by atoms with Crippen molar-refractivity contribution in [1.29, 1.82) is 0 Å². The number of hydrogen-bond acceptors (Lipinski definition) is 7. The second-order valence-electron chi connectivity index (χ2n) is 9.65. The van der Waals surface area contributed by atoms with Crippen molar-refractivity contribution in [1.82, 2.24) is 10.2 Å². The molecule has 0 fully saturated rings. The molecule has 0 heterocycles. The summed E-state index contributed by atoms with van der Waals surface area (Å²) in [7, 11) is -2.91. The molecule has 2 amide bonds. The van der Waals surface area contributed by atoms with Crippen LogP contribution in [-0.4, -0.2) is 62.6 Å². The summed E-state index contributed by atoms with van der Waals surface area (Å²) in [4.78, 5) is 39.8. The van der Waals surface area contributed by atoms with Gasteiger partial charge in [-0.15, -0.1) is 0 Å². The fourth-order valence-corrected chi connectivity index (χ4v) is 5.50. The second-order valence-corrected chi connectivity index (χ2v) is 12.4. The number of nitro groups is 1. The van der Waals surface area contributed by atoms with Crippen LogP contribution in [0.2, 0.25) is 10.0 Å². The maximum atomic E-state index is 14.2. The molecule has 3 aromatic carbocycles. The van der Waals surface area contributed by atoms with Crippen LogP contribution in [0.15, 0.2) is 66.7 Å². The molecule has 43 heavy (non-hydrogen) atoms. The van der Waals surface area contributed by atoms with Gasteiger partial charge in [0, 0.05) is 31.6 Å². The zero-order valence-corrected chi connectivity index (χ0v) is 26.2. The van der Waals surface area contributed by atoms with E-state index in [4.69, 9.17) is 27.9 Å². The van der Waals surface area contributed by atoms with Crippen LogP contribution in [0.25, 0.3) is 0 Å². The van der Waals surface area contributed by atoms with E-state index in [9.17, 15) is 28.1 Å². The van der Waals surface area contributed by atoms with Crippen molar-refractivity contribution >= 4 is 56.4 Å². The largest absolute Gasteiger partial charge is 0.495 e. The molecule has 1 atom stereocenters. The molecular formula is C29H32Cl2N4O7S. The van der Waals surface area contributed by atoms with Crippen molar-refractivity contribution in [2.45, 2.75) is 32.4 Å². The van der Waals surface area contributed by atoms with E-state index in [0.29, 0.717) is 23.6 Å². The van der Waals surface area contributed by atoms with Gasteiger partial charge in [0.05, 0.1) is 28.3 Å². The monoisotopic (exact) mass is 650 g/mol. The number of non-ortho nitro benzene ring substituents is 1. The summed E-state index contributed by atoms with van der Waals surface area (Å²) < 4.78 is 32.1. The molecule has 0 aliphatic rings. The number of hydrogen-bond donors (Lipinski definition) is 1. The van der Waals surface area contributed by atoms with Crippen molar-refractivity contribution in [3.8, 4) is 5.75 Å². The highest BCUT2D eigenvalue weighted by Crippen LogP contribution is 2.34. The Morgan fingerprint density at radius 3 is 2.30 bits per heavy atom. The number of amides is 2. The summed E-state index contributed by atoms with van der Waals surface area (Å²) in [5.74, 6) is -1.17. The van der Waals surface area contributed by atoms with Crippen LogP contribution in [0.3, 0.4) is 0 Å². The molecule has 0 saturated heterocycles. The lowest BCUT2D eigenvalue weighted by Crippen LogP contribution is -2.53. The number of carbonyl (C=O) groups is 2. The molecule has 0 aliphatic heterocycles. The van der Waals surface area contributed by atoms with E-state index in [0.717, 1.165) is 28.3 Å². The fourth-order valence-electron chi connectivity index (χ4n) is 4.34. The van der Waals surface area contributed by atoms with Gasteiger partial charge in [0.15, 0.2) is 0 Å². The summed E-state index contributed by atoms with van der Waals surface area (Å²) in [6.07, 6.45) is 1.65. The number of halogens is 2. The predicted octanol–water partition coefficient (Wildman–Crippen LogP) is 4.84. The highest BCUT2D eigenvalue weighted by molar-refractivity contribution is 7.92. The van der Waals surface area contributed by atoms with Crippen molar-refractivity contribution in [2.75, 3.05) is 30.8 Å². The Morgan fingerprint density at radius 1 is 1.02 bits per heavy atom. The van der Waals surface area contributed by atoms with Crippen LogP contribution in [0, 0.1) is 10.1 Å². The van der Waals surface area contributed by atoms with Crippen LogP contribution < -0.4 is 14.4 Å². The summed E-state index contributed by atoms with van der Waals surface area (Å²) in [5, 5.41) is 14.9. The summed E-state index contributed by atoms with van der Waals surface area (Å²) in [5.41, 5.74) is 0.719. The number of benzene rings is 3. The maximum absolute atomic E-state index is 14.2. The number of methoxy groups -OCH3 is 1. The first-order valence-electron chi connectivity index (χ1n) is 13.2. The summed E-state index contributed by atoms with van der Waals surface area (Å²) >= 11 is 12.3. The van der Waals surface area contributed by atoms with E-state index < -0.39 is 45.0 Å². The van der Waals surface area contributed by atoms with E-state index in [1.54, 1.807) is 30.3 Å². The Labute approximate surface area is 260 Å². The number of rotatable bonds is 14. The lowest BCUT2D eigenvalue weighted by molar-refractivity contribution is -0.384. The second kappa shape index (κ2) is 15.0. The van der Waals surface area contributed by atoms with Gasteiger partial charge in [0.2, 0.25) is 21.8 Å². The van der Waals surface area contributed by atoms with Gasteiger partial charge in [-0.2, -0.15) is 0 Å². The van der Waals surface area contributed by atoms with Gasteiger partial charge >= 0.3 is 0 Å². The van der Waals surface area contributed by atoms with Crippen LogP contribution in [0.5, 0.6) is 5.75 Å². The molecule has 0 bridgehead atoms. The van der Waals surface area contributed by atoms with Crippen molar-refractivity contribution in [3.63, 3.8) is 0 Å². The number of carbonyl (C=O) groups excluding carboxylic acids is 2. The number of sulfonamides is 1. The van der Waals surface area contributed by atoms with Crippen LogP contribution in [0.4, 0.5) is 11.4 Å². The van der Waals surface area contributed by atoms with Crippen LogP contribution >= 0.6 is 23.2 Å². The lowest BCUT2D eigenvalue weighted by Gasteiger charge is -2.33. The molecular weight excluding hydrogens is 619 g/mol. The number of nitrogens with one attached hydrogen (secondary N) is 1. The van der Waals surface area contributed by atoms with E-state index >= 15 is 0 Å². The van der Waals surface area contributed by atoms with Crippen LogP contribution in [0.1, 0.15) is 24.5 Å². The smallest absolute Gasteiger partial charge is 0.271 e. The molecule has 230 valence electrons. The average Bonchev–Trinajstić information content (AvgIpc) is 2.97. The number of anilines is 1. The van der Waals surface area contributed by atoms with Gasteiger partial charge in [0.1, 0.15) is 24.0 Å². The van der Waals surface area contributed by atoms with Gasteiger partial charge in [-0.3, -0.25) is 24.0 Å². The van der Waals surface area contributed by atoms with E-state index in [-0.39, 0.29) is 29.4 Å². The third-order valence-electron chi connectivity index (χ3n) is 6.48. The summed E-state index contributed by atoms with van der Waals surface area (Å²) in [6.45, 7) is 1.36. The zero-order chi connectivity index (χ0) is 31.7. The Balaban J connectivity index is 2.13. The average molecular weight is 652 g/mol. The third kappa shape index (κ3) is 9.06. The van der Waals surface area contributed by atoms with Gasteiger partial charge in [-0.05, 0) is 35.7 Å². The molecule has 3 rings (SSSR count). The lowest BCUT2D eigenvalue weighted by atomic mass is 10.0. The Bertz CT molecular complexity index is 1570. The molecule has 0 aliphatic carbocycles. The van der Waals surface area contributed by atoms with E-state index in [2.05, 4.69) is 5.32 Å². The SMILES string of the molecule is CCCNC(=O)[C@@H](Cc1ccccc1)N(Cc1ccc(Cl)c(Cl)c1)C(=O)CN(c1cc([N+](=O)[O-])ccc1OC)S(C)(=O)=O. The normalized spacial score (nSPS) is 11.8. The zero-order valence-electron chi connectivity index (χ0n) is 23.8. The van der Waals surface area contributed by atoms with Gasteiger partial charge in [-0.25, -0.2) is 8.42 Å². The molecule has 0 aromatic heterocycles. The first kappa shape index (κ1) is 33.6. The minimum atomic E-state index is -4.18. The predicted molar refractivity (Wildman–Crippen MR) is 166 cm³/mol. The standard InChI is InChI=1S/C29H32Cl2N4O7S/c1-4-14-32-29(37)26(16-20-8-6-5-7-9-20)33(18-21-10-12-23(30)24(31)15-21)28(36)19-34(43(3,40)41)25-17-22(35(38)39)11-13-27(25)42-2/h5-13,15,17,26H,4,14,16,18-19H2,1-3H3,(H,32,37)/t26-/m1/s1. The highest BCUT2D eigenvalue weighted by Gasteiger charge is 2.34. The summed E-state index contributed by atoms with van der Waals surface area (Å²) in [6, 6.07) is 16.2. The van der Waals surface area contributed by atoms with Gasteiger partial charge in [0.25, 0.3) is 5.69 Å². The van der Waals surface area contributed by atoms with E-state index in [1.165, 1.54) is 18.1 Å². The fraction of sp³-hybridized carbons (Fsp3) is 0.310. The topological polar surface area (TPSA) is 139 Å². The molecule has 11 nitrogen and oxygen atoms in total. The Hall–Kier alpha value is -3.87. The van der Waals surface area contributed by atoms with Gasteiger partial charge < -0.3 is 15.0 Å². The molecule has 0 saturated carbocycles. The minimum absolute atomic E-state index is 0.00128. The Morgan fingerprint density at radius 2 is 1.72 bits per heavy atom. The van der Waals surface area contributed by atoms with Crippen LogP contribution in [-0.2, 0) is 32.6 Å². The maximum Gasteiger partial charge on any atom is 0.271 e. The molecule has 3 aromatic rings. The number of nitrogens with zero attached hydrogens (tertiary/aromatic N) is 3. The minimum Gasteiger partial charge on any atom is -0.495 e. The first-order chi connectivity index (χ1) is 20.3. The Kier molecular flexibility index (Phi) is 11.8. The quantitative estimate of drug-likeness (QED) is 0.194. The number of nitro benzene ring substituents is 1. The molecule has 0 unspecified atom stereocenters. The first-order valence-corrected chi connectivity index (χ1v) is 15.8.